The van der Waals surface area contributed by atoms with Crippen LogP contribution in [0.25, 0.3) is 11.1 Å². The van der Waals surface area contributed by atoms with Crippen molar-refractivity contribution in [2.75, 3.05) is 18.0 Å². The van der Waals surface area contributed by atoms with E-state index in [1.54, 1.807) is 0 Å². The van der Waals surface area contributed by atoms with Gasteiger partial charge in [0.25, 0.3) is 0 Å². The second kappa shape index (κ2) is 10.1. The Balaban J connectivity index is 1.61. The van der Waals surface area contributed by atoms with Crippen LogP contribution in [0.5, 0.6) is 0 Å². The molecule has 2 aromatic heterocycles. The molecule has 4 heteroatoms. The van der Waals surface area contributed by atoms with Crippen LogP contribution < -0.4 is 4.90 Å². The molecule has 0 aliphatic carbocycles. The van der Waals surface area contributed by atoms with Crippen molar-refractivity contribution in [2.24, 2.45) is 11.8 Å². The van der Waals surface area contributed by atoms with E-state index < -0.39 is 0 Å². The lowest BCUT2D eigenvalue weighted by molar-refractivity contribution is 0.103. The number of carbonyl (C=O) groups excluding carboxylic acids is 1. The van der Waals surface area contributed by atoms with Gasteiger partial charge in [0.05, 0.1) is 5.69 Å². The number of aromatic nitrogens is 2. The molecule has 0 radical (unpaired) electrons. The number of hydrogen-bond donors (Lipinski definition) is 0. The highest BCUT2D eigenvalue weighted by Crippen LogP contribution is 2.27. The van der Waals surface area contributed by atoms with E-state index in [0.717, 1.165) is 35.7 Å². The number of rotatable bonds is 7. The van der Waals surface area contributed by atoms with Crippen molar-refractivity contribution in [1.29, 1.82) is 0 Å². The summed E-state index contributed by atoms with van der Waals surface area (Å²) >= 11 is 0. The maximum Gasteiger partial charge on any atom is 0.213 e. The zero-order valence-corrected chi connectivity index (χ0v) is 19.4. The number of nitrogens with zero attached hydrogens (tertiary/aromatic N) is 3. The van der Waals surface area contributed by atoms with Crippen molar-refractivity contribution in [2.45, 2.75) is 46.5 Å². The van der Waals surface area contributed by atoms with Crippen molar-refractivity contribution in [3.8, 4) is 11.1 Å². The Morgan fingerprint density at radius 3 is 2.66 bits per heavy atom. The van der Waals surface area contributed by atoms with Crippen LogP contribution in [0, 0.1) is 11.8 Å². The van der Waals surface area contributed by atoms with Crippen LogP contribution in [0.3, 0.4) is 0 Å². The van der Waals surface area contributed by atoms with Gasteiger partial charge in [-0.1, -0.05) is 57.2 Å². The maximum absolute atomic E-state index is 13.5. The van der Waals surface area contributed by atoms with Gasteiger partial charge in [0.1, 0.15) is 11.5 Å². The molecule has 4 rings (SSSR count). The first-order chi connectivity index (χ1) is 15.5. The largest absolute Gasteiger partial charge is 0.356 e. The lowest BCUT2D eigenvalue weighted by atomic mass is 9.90. The van der Waals surface area contributed by atoms with E-state index in [1.165, 1.54) is 19.3 Å². The van der Waals surface area contributed by atoms with Crippen LogP contribution in [0.2, 0.25) is 0 Å². The summed E-state index contributed by atoms with van der Waals surface area (Å²) < 4.78 is 0. The highest BCUT2D eigenvalue weighted by Gasteiger charge is 2.23. The lowest BCUT2D eigenvalue weighted by Crippen LogP contribution is -2.36. The van der Waals surface area contributed by atoms with Gasteiger partial charge in [-0.3, -0.25) is 9.78 Å². The highest BCUT2D eigenvalue weighted by molar-refractivity contribution is 6.09. The minimum atomic E-state index is -0.0512. The maximum atomic E-state index is 13.5. The number of hydrogen-bond acceptors (Lipinski definition) is 4. The fraction of sp³-hybridized carbons (Fsp3) is 0.393. The lowest BCUT2D eigenvalue weighted by Gasteiger charge is -2.34. The number of aryl methyl sites for hydroxylation is 1. The van der Waals surface area contributed by atoms with Crippen LogP contribution in [0.1, 0.15) is 61.8 Å². The van der Waals surface area contributed by atoms with E-state index in [4.69, 9.17) is 4.98 Å². The Morgan fingerprint density at radius 1 is 1.09 bits per heavy atom. The standard InChI is InChI=1S/C28H33N3O/c1-4-25-24(17-23(18-29-25)22-11-6-5-7-12-22)28(32)26-13-8-14-27(30-26)31-15-9-10-21(19-31)16-20(2)3/h5-8,11-14,17-18,20-21H,4,9-10,15-16,19H2,1-3H3/t21-/m0/s1. The van der Waals surface area contributed by atoms with Crippen LogP contribution >= 0.6 is 0 Å². The molecule has 1 atom stereocenters. The van der Waals surface area contributed by atoms with Gasteiger partial charge in [-0.15, -0.1) is 0 Å². The summed E-state index contributed by atoms with van der Waals surface area (Å²) in [6, 6.07) is 17.9. The highest BCUT2D eigenvalue weighted by atomic mass is 16.1. The van der Waals surface area contributed by atoms with Gasteiger partial charge in [-0.2, -0.15) is 0 Å². The molecule has 1 fully saturated rings. The molecule has 1 saturated heterocycles. The number of anilines is 1. The Kier molecular flexibility index (Phi) is 6.99. The Morgan fingerprint density at radius 2 is 1.91 bits per heavy atom. The fourth-order valence-corrected chi connectivity index (χ4v) is 4.76. The topological polar surface area (TPSA) is 46.1 Å². The van der Waals surface area contributed by atoms with E-state index in [1.807, 2.05) is 67.7 Å². The Labute approximate surface area is 191 Å². The van der Waals surface area contributed by atoms with Crippen LogP contribution in [0.4, 0.5) is 5.82 Å². The summed E-state index contributed by atoms with van der Waals surface area (Å²) in [5.41, 5.74) is 3.97. The van der Waals surface area contributed by atoms with Crippen molar-refractivity contribution >= 4 is 11.6 Å². The van der Waals surface area contributed by atoms with Crippen molar-refractivity contribution in [3.63, 3.8) is 0 Å². The molecule has 0 spiro atoms. The predicted octanol–water partition coefficient (Wildman–Crippen LogP) is 6.20. The van der Waals surface area contributed by atoms with Gasteiger partial charge in [0.15, 0.2) is 0 Å². The molecule has 4 nitrogen and oxygen atoms in total. The van der Waals surface area contributed by atoms with Crippen molar-refractivity contribution in [3.05, 3.63) is 77.7 Å². The van der Waals surface area contributed by atoms with E-state index in [9.17, 15) is 4.79 Å². The minimum Gasteiger partial charge on any atom is -0.356 e. The molecule has 0 saturated carbocycles. The summed E-state index contributed by atoms with van der Waals surface area (Å²) in [5, 5.41) is 0. The molecule has 1 aliphatic heterocycles. The normalized spacial score (nSPS) is 16.4. The molecule has 0 bridgehead atoms. The molecule has 1 aliphatic rings. The summed E-state index contributed by atoms with van der Waals surface area (Å²) in [5.74, 6) is 2.26. The quantitative estimate of drug-likeness (QED) is 0.421. The van der Waals surface area contributed by atoms with E-state index in [-0.39, 0.29) is 5.78 Å². The number of ketones is 1. The zero-order chi connectivity index (χ0) is 22.5. The number of piperidine rings is 1. The van der Waals surface area contributed by atoms with Crippen LogP contribution in [0.15, 0.2) is 60.8 Å². The molecular formula is C28H33N3O. The van der Waals surface area contributed by atoms with Gasteiger partial charge in [-0.25, -0.2) is 4.98 Å². The number of benzene rings is 1. The molecular weight excluding hydrogens is 394 g/mol. The first-order valence-electron chi connectivity index (χ1n) is 11.9. The summed E-state index contributed by atoms with van der Waals surface area (Å²) in [4.78, 5) is 25.3. The predicted molar refractivity (Wildman–Crippen MR) is 131 cm³/mol. The monoisotopic (exact) mass is 427 g/mol. The van der Waals surface area contributed by atoms with Gasteiger partial charge >= 0.3 is 0 Å². The molecule has 3 heterocycles. The van der Waals surface area contributed by atoms with Gasteiger partial charge < -0.3 is 4.90 Å². The van der Waals surface area contributed by atoms with Gasteiger partial charge in [0, 0.05) is 30.4 Å². The van der Waals surface area contributed by atoms with E-state index >= 15 is 0 Å². The molecule has 0 unspecified atom stereocenters. The second-order valence-electron chi connectivity index (χ2n) is 9.23. The summed E-state index contributed by atoms with van der Waals surface area (Å²) in [6.07, 6.45) is 6.27. The third kappa shape index (κ3) is 5.07. The second-order valence-corrected chi connectivity index (χ2v) is 9.23. The molecule has 166 valence electrons. The third-order valence-corrected chi connectivity index (χ3v) is 6.27. The van der Waals surface area contributed by atoms with Crippen LogP contribution in [-0.2, 0) is 6.42 Å². The molecule has 0 N–H and O–H groups in total. The first kappa shape index (κ1) is 22.2. The van der Waals surface area contributed by atoms with Gasteiger partial charge in [0.2, 0.25) is 5.78 Å². The van der Waals surface area contributed by atoms with E-state index in [0.29, 0.717) is 29.5 Å². The molecule has 32 heavy (non-hydrogen) atoms. The molecule has 0 amide bonds. The summed E-state index contributed by atoms with van der Waals surface area (Å²) in [6.45, 7) is 8.64. The van der Waals surface area contributed by atoms with Crippen LogP contribution in [-0.4, -0.2) is 28.8 Å². The van der Waals surface area contributed by atoms with E-state index in [2.05, 4.69) is 23.7 Å². The average Bonchev–Trinajstić information content (AvgIpc) is 2.83. The Bertz CT molecular complexity index is 1060. The smallest absolute Gasteiger partial charge is 0.213 e. The zero-order valence-electron chi connectivity index (χ0n) is 19.4. The number of pyridine rings is 2. The third-order valence-electron chi connectivity index (χ3n) is 6.27. The number of carbonyl (C=O) groups is 1. The van der Waals surface area contributed by atoms with Gasteiger partial charge in [-0.05, 0) is 61.3 Å². The fourth-order valence-electron chi connectivity index (χ4n) is 4.76. The first-order valence-corrected chi connectivity index (χ1v) is 11.9. The minimum absolute atomic E-state index is 0.0512. The Hall–Kier alpha value is -3.01. The molecule has 3 aromatic rings. The SMILES string of the molecule is CCc1ncc(-c2ccccc2)cc1C(=O)c1cccc(N2CCC[C@@H](CC(C)C)C2)n1. The average molecular weight is 428 g/mol. The van der Waals surface area contributed by atoms with Crippen molar-refractivity contribution < 1.29 is 4.79 Å². The van der Waals surface area contributed by atoms with Crippen molar-refractivity contribution in [1.82, 2.24) is 9.97 Å². The molecule has 1 aromatic carbocycles. The summed E-state index contributed by atoms with van der Waals surface area (Å²) in [7, 11) is 0.